The molecule has 3 atom stereocenters. The number of carbonyl (C=O) groups is 3. The van der Waals surface area contributed by atoms with Crippen molar-refractivity contribution in [1.82, 2.24) is 0 Å². The molecule has 0 heterocycles. The predicted octanol–water partition coefficient (Wildman–Crippen LogP) is 18.4. The van der Waals surface area contributed by atoms with Crippen LogP contribution in [0.25, 0.3) is 0 Å². The van der Waals surface area contributed by atoms with Gasteiger partial charge in [-0.3, -0.25) is 23.4 Å². The summed E-state index contributed by atoms with van der Waals surface area (Å²) in [5, 5.41) is 9.83. The van der Waals surface area contributed by atoms with E-state index in [1.54, 1.807) is 0 Å². The molecule has 0 aliphatic heterocycles. The van der Waals surface area contributed by atoms with Crippen molar-refractivity contribution in [3.05, 3.63) is 122 Å². The fraction of sp³-hybridized carbons (Fsp3) is 0.652. The van der Waals surface area contributed by atoms with Gasteiger partial charge in [0.05, 0.1) is 19.8 Å². The molecule has 0 amide bonds. The largest absolute Gasteiger partial charge is 0.472 e. The summed E-state index contributed by atoms with van der Waals surface area (Å²) >= 11 is 0. The van der Waals surface area contributed by atoms with E-state index in [0.29, 0.717) is 25.7 Å². The minimum atomic E-state index is -4.78. The first-order valence-corrected chi connectivity index (χ1v) is 31.9. The lowest BCUT2D eigenvalue weighted by atomic mass is 10.1. The summed E-state index contributed by atoms with van der Waals surface area (Å²) in [5.41, 5.74) is 0. The summed E-state index contributed by atoms with van der Waals surface area (Å²) < 4.78 is 39.5. The average Bonchev–Trinajstić information content (AvgIpc) is 3.43. The van der Waals surface area contributed by atoms with Crippen molar-refractivity contribution >= 4 is 25.7 Å². The van der Waals surface area contributed by atoms with E-state index >= 15 is 0 Å². The topological polar surface area (TPSA) is 155 Å². The Kier molecular flexibility index (Phi) is 55.9. The van der Waals surface area contributed by atoms with Gasteiger partial charge in [0.1, 0.15) is 12.7 Å². The third kappa shape index (κ3) is 56.6. The number of esters is 3. The molecule has 0 saturated heterocycles. The van der Waals surface area contributed by atoms with E-state index in [2.05, 4.69) is 130 Å². The quantitative estimate of drug-likeness (QED) is 0.0197. The van der Waals surface area contributed by atoms with Gasteiger partial charge < -0.3 is 24.2 Å². The summed E-state index contributed by atoms with van der Waals surface area (Å²) in [7, 11) is -4.78. The second-order valence-electron chi connectivity index (χ2n) is 19.7. The Morgan fingerprint density at radius 3 is 1.08 bits per heavy atom. The van der Waals surface area contributed by atoms with Gasteiger partial charge in [-0.15, -0.1) is 0 Å². The maximum atomic E-state index is 12.9. The number of hydrogen-bond donors (Lipinski definition) is 2. The van der Waals surface area contributed by atoms with Crippen molar-refractivity contribution in [1.29, 1.82) is 0 Å². The summed E-state index contributed by atoms with van der Waals surface area (Å²) in [6, 6.07) is 0. The van der Waals surface area contributed by atoms with Gasteiger partial charge in [-0.25, -0.2) is 4.57 Å². The van der Waals surface area contributed by atoms with Crippen LogP contribution in [0.3, 0.4) is 0 Å². The third-order valence-electron chi connectivity index (χ3n) is 12.3. The molecule has 78 heavy (non-hydrogen) atoms. The molecule has 0 fully saturated rings. The number of aliphatic hydroxyl groups is 1. The molecule has 3 unspecified atom stereocenters. The third-order valence-corrected chi connectivity index (χ3v) is 13.3. The van der Waals surface area contributed by atoms with Gasteiger partial charge in [0.25, 0.3) is 0 Å². The van der Waals surface area contributed by atoms with Crippen molar-refractivity contribution < 1.29 is 52.2 Å². The van der Waals surface area contributed by atoms with Crippen LogP contribution in [-0.2, 0) is 42.2 Å². The zero-order valence-electron chi connectivity index (χ0n) is 49.1. The standard InChI is InChI=1S/C66H109O11P/c1-4-7-10-13-16-19-22-25-28-30-31-33-36-39-42-45-48-51-54-57-66(70)77-63(59-73-64(68)55-52-49-46-43-40-37-34-27-24-21-18-15-12-9-6-3)61-75-78(71,72)74-60-62(58-67)76-65(69)56-53-50-47-44-41-38-35-32-29-26-23-20-17-14-11-8-5-2/h8-9,11-12,16-21,25-29,34-35,38,44,47,62-63,67H,4-7,10,13-15,22-24,30-33,36-37,39-43,45-46,48-61H2,1-3H3,(H,71,72)/b11-8-,12-9-,19-16-,20-17-,21-18-,28-25-,29-26-,34-27-,38-35-,47-44-. The Bertz CT molecular complexity index is 1770. The van der Waals surface area contributed by atoms with Crippen molar-refractivity contribution in [2.45, 2.75) is 251 Å². The molecular weight excluding hydrogens is 1000 g/mol. The van der Waals surface area contributed by atoms with Crippen LogP contribution in [-0.4, -0.2) is 66.5 Å². The van der Waals surface area contributed by atoms with Crippen LogP contribution in [0.5, 0.6) is 0 Å². The Morgan fingerprint density at radius 2 is 0.679 bits per heavy atom. The molecule has 0 aromatic rings. The van der Waals surface area contributed by atoms with Crippen molar-refractivity contribution in [2.75, 3.05) is 26.4 Å². The number of phosphoric ester groups is 1. The van der Waals surface area contributed by atoms with Gasteiger partial charge in [0, 0.05) is 19.3 Å². The minimum Gasteiger partial charge on any atom is -0.462 e. The van der Waals surface area contributed by atoms with Crippen LogP contribution in [0.1, 0.15) is 239 Å². The smallest absolute Gasteiger partial charge is 0.462 e. The number of rotatable bonds is 55. The van der Waals surface area contributed by atoms with Gasteiger partial charge in [-0.05, 0) is 122 Å². The molecule has 0 rings (SSSR count). The first-order chi connectivity index (χ1) is 38.2. The number of hydrogen-bond acceptors (Lipinski definition) is 10. The minimum absolute atomic E-state index is 0.0919. The highest BCUT2D eigenvalue weighted by Gasteiger charge is 2.28. The summed E-state index contributed by atoms with van der Waals surface area (Å²) in [4.78, 5) is 48.6. The number of unbranched alkanes of at least 4 members (excludes halogenated alkanes) is 18. The van der Waals surface area contributed by atoms with Gasteiger partial charge in [0.15, 0.2) is 6.10 Å². The van der Waals surface area contributed by atoms with E-state index in [9.17, 15) is 28.9 Å². The molecule has 2 N–H and O–H groups in total. The molecule has 11 nitrogen and oxygen atoms in total. The number of allylic oxidation sites excluding steroid dienone is 20. The maximum Gasteiger partial charge on any atom is 0.472 e. The Balaban J connectivity index is 4.80. The van der Waals surface area contributed by atoms with Crippen LogP contribution in [0.4, 0.5) is 0 Å². The van der Waals surface area contributed by atoms with E-state index in [4.69, 9.17) is 23.3 Å². The Labute approximate surface area is 475 Å². The predicted molar refractivity (Wildman–Crippen MR) is 325 cm³/mol. The normalized spacial score (nSPS) is 14.2. The molecule has 0 saturated carbocycles. The fourth-order valence-electron chi connectivity index (χ4n) is 7.79. The number of phosphoric acid groups is 1. The van der Waals surface area contributed by atoms with Crippen molar-refractivity contribution in [2.24, 2.45) is 0 Å². The van der Waals surface area contributed by atoms with Crippen molar-refractivity contribution in [3.8, 4) is 0 Å². The fourth-order valence-corrected chi connectivity index (χ4v) is 8.57. The van der Waals surface area contributed by atoms with Crippen LogP contribution in [0.15, 0.2) is 122 Å². The molecule has 0 spiro atoms. The first-order valence-electron chi connectivity index (χ1n) is 30.4. The average molecular weight is 1110 g/mol. The molecule has 0 aliphatic carbocycles. The SMILES string of the molecule is CC/C=C\C/C=C\C/C=C\C/C=C\C/C=C\CCCC(=O)OC(CO)COP(=O)(O)OCC(COC(=O)CCCCCCC/C=C\C/C=C\C/C=C\CC)OC(=O)CCCCCCCCCCC/C=C\C/C=C\CCCCC. The zero-order chi connectivity index (χ0) is 56.9. The molecular formula is C66H109O11P. The highest BCUT2D eigenvalue weighted by Crippen LogP contribution is 2.43. The van der Waals surface area contributed by atoms with Crippen LogP contribution < -0.4 is 0 Å². The molecule has 12 heteroatoms. The van der Waals surface area contributed by atoms with E-state index in [0.717, 1.165) is 116 Å². The van der Waals surface area contributed by atoms with Crippen LogP contribution in [0.2, 0.25) is 0 Å². The second-order valence-corrected chi connectivity index (χ2v) is 21.2. The first kappa shape index (κ1) is 73.9. The van der Waals surface area contributed by atoms with Gasteiger partial charge in [-0.2, -0.15) is 0 Å². The lowest BCUT2D eigenvalue weighted by Gasteiger charge is -2.21. The summed E-state index contributed by atoms with van der Waals surface area (Å²) in [6.07, 6.45) is 73.0. The lowest BCUT2D eigenvalue weighted by Crippen LogP contribution is -2.30. The lowest BCUT2D eigenvalue weighted by molar-refractivity contribution is -0.161. The van der Waals surface area contributed by atoms with Crippen LogP contribution >= 0.6 is 7.82 Å². The van der Waals surface area contributed by atoms with Gasteiger partial charge in [-0.1, -0.05) is 219 Å². The van der Waals surface area contributed by atoms with Gasteiger partial charge in [0.2, 0.25) is 0 Å². The highest BCUT2D eigenvalue weighted by atomic mass is 31.2. The summed E-state index contributed by atoms with van der Waals surface area (Å²) in [5.74, 6) is -1.56. The molecule has 444 valence electrons. The van der Waals surface area contributed by atoms with E-state index in [1.165, 1.54) is 57.8 Å². The number of ether oxygens (including phenoxy) is 3. The zero-order valence-corrected chi connectivity index (χ0v) is 50.0. The second kappa shape index (κ2) is 59.0. The van der Waals surface area contributed by atoms with E-state index < -0.39 is 57.8 Å². The highest BCUT2D eigenvalue weighted by molar-refractivity contribution is 7.47. The maximum absolute atomic E-state index is 12.9. The molecule has 0 aromatic carbocycles. The molecule has 0 bridgehead atoms. The summed E-state index contributed by atoms with van der Waals surface area (Å²) in [6.45, 7) is 4.31. The number of carbonyl (C=O) groups excluding carboxylic acids is 3. The van der Waals surface area contributed by atoms with E-state index in [1.807, 2.05) is 12.2 Å². The monoisotopic (exact) mass is 1110 g/mol. The van der Waals surface area contributed by atoms with Crippen LogP contribution in [0, 0.1) is 0 Å². The molecule has 0 aliphatic rings. The number of aliphatic hydroxyl groups excluding tert-OH is 1. The Morgan fingerprint density at radius 1 is 0.372 bits per heavy atom. The Hall–Kier alpha value is -4.12. The molecule has 0 radical (unpaired) electrons. The van der Waals surface area contributed by atoms with Crippen molar-refractivity contribution in [3.63, 3.8) is 0 Å². The molecule has 0 aromatic heterocycles. The van der Waals surface area contributed by atoms with E-state index in [-0.39, 0.29) is 25.9 Å². The van der Waals surface area contributed by atoms with Gasteiger partial charge >= 0.3 is 25.7 Å².